The van der Waals surface area contributed by atoms with Crippen molar-refractivity contribution in [1.29, 1.82) is 0 Å². The van der Waals surface area contributed by atoms with Crippen LogP contribution in [0, 0.1) is 0 Å². The molecule has 0 saturated carbocycles. The number of benzene rings is 1. The van der Waals surface area contributed by atoms with E-state index >= 15 is 0 Å². The second kappa shape index (κ2) is 4.54. The molecule has 84 valence electrons. The van der Waals surface area contributed by atoms with Crippen LogP contribution in [0.4, 0.5) is 0 Å². The van der Waals surface area contributed by atoms with Crippen molar-refractivity contribution in [2.24, 2.45) is 5.73 Å². The lowest BCUT2D eigenvalue weighted by Crippen LogP contribution is -2.14. The van der Waals surface area contributed by atoms with Crippen LogP contribution in [-0.4, -0.2) is 0 Å². The maximum atomic E-state index is 6.14. The molecule has 2 N–H and O–H groups in total. The van der Waals surface area contributed by atoms with Gasteiger partial charge in [-0.3, -0.25) is 0 Å². The molecule has 2 heteroatoms. The van der Waals surface area contributed by atoms with Crippen LogP contribution in [0.2, 0.25) is 5.02 Å². The summed E-state index contributed by atoms with van der Waals surface area (Å²) in [5.41, 5.74) is 8.51. The van der Waals surface area contributed by atoms with Crippen molar-refractivity contribution in [2.75, 3.05) is 0 Å². The van der Waals surface area contributed by atoms with Gasteiger partial charge < -0.3 is 5.73 Å². The number of rotatable bonds is 2. The van der Waals surface area contributed by atoms with Crippen molar-refractivity contribution >= 4 is 11.6 Å². The third-order valence-corrected chi connectivity index (χ3v) is 3.05. The van der Waals surface area contributed by atoms with Crippen LogP contribution in [0.3, 0.4) is 0 Å². The summed E-state index contributed by atoms with van der Waals surface area (Å²) >= 11 is 6.14. The normalized spacial score (nSPS) is 14.0. The number of halogens is 1. The van der Waals surface area contributed by atoms with Crippen molar-refractivity contribution < 1.29 is 0 Å². The SMILES string of the molecule is CCC(N)c1cc(C(C)(C)C)ccc1Cl. The Balaban J connectivity index is 3.17. The lowest BCUT2D eigenvalue weighted by Gasteiger charge is -2.22. The Morgan fingerprint density at radius 3 is 2.40 bits per heavy atom. The van der Waals surface area contributed by atoms with Crippen LogP contribution < -0.4 is 5.73 Å². The van der Waals surface area contributed by atoms with Crippen LogP contribution in [0.15, 0.2) is 18.2 Å². The molecule has 1 atom stereocenters. The number of nitrogens with two attached hydrogens (primary N) is 1. The van der Waals surface area contributed by atoms with E-state index in [9.17, 15) is 0 Å². The zero-order valence-electron chi connectivity index (χ0n) is 9.97. The molecule has 0 amide bonds. The van der Waals surface area contributed by atoms with Crippen molar-refractivity contribution in [3.63, 3.8) is 0 Å². The first-order valence-electron chi connectivity index (χ1n) is 5.41. The Morgan fingerprint density at radius 1 is 1.33 bits per heavy atom. The summed E-state index contributed by atoms with van der Waals surface area (Å²) in [5.74, 6) is 0. The van der Waals surface area contributed by atoms with Crippen molar-refractivity contribution in [2.45, 2.75) is 45.6 Å². The fourth-order valence-corrected chi connectivity index (χ4v) is 1.77. The van der Waals surface area contributed by atoms with Gasteiger partial charge in [0.15, 0.2) is 0 Å². The summed E-state index contributed by atoms with van der Waals surface area (Å²) in [6.07, 6.45) is 0.910. The maximum Gasteiger partial charge on any atom is 0.0453 e. The predicted molar refractivity (Wildman–Crippen MR) is 67.4 cm³/mol. The minimum atomic E-state index is 0.0415. The second-order valence-corrected chi connectivity index (χ2v) is 5.41. The van der Waals surface area contributed by atoms with E-state index in [2.05, 4.69) is 39.8 Å². The van der Waals surface area contributed by atoms with Crippen LogP contribution in [0.25, 0.3) is 0 Å². The average Bonchev–Trinajstić information content (AvgIpc) is 2.15. The van der Waals surface area contributed by atoms with Crippen molar-refractivity contribution in [3.8, 4) is 0 Å². The molecular weight excluding hydrogens is 206 g/mol. The molecule has 0 aliphatic heterocycles. The van der Waals surface area contributed by atoms with Gasteiger partial charge in [-0.25, -0.2) is 0 Å². The Morgan fingerprint density at radius 2 is 1.93 bits per heavy atom. The summed E-state index contributed by atoms with van der Waals surface area (Å²) in [7, 11) is 0. The van der Waals surface area contributed by atoms with Gasteiger partial charge >= 0.3 is 0 Å². The smallest absolute Gasteiger partial charge is 0.0453 e. The largest absolute Gasteiger partial charge is 0.324 e. The van der Waals surface area contributed by atoms with Gasteiger partial charge in [0, 0.05) is 11.1 Å². The first-order valence-corrected chi connectivity index (χ1v) is 5.79. The van der Waals surface area contributed by atoms with E-state index in [0.717, 1.165) is 17.0 Å². The molecule has 0 aromatic heterocycles. The molecule has 0 heterocycles. The zero-order chi connectivity index (χ0) is 11.6. The van der Waals surface area contributed by atoms with Crippen LogP contribution >= 0.6 is 11.6 Å². The van der Waals surface area contributed by atoms with Gasteiger partial charge in [-0.05, 0) is 29.0 Å². The number of hydrogen-bond donors (Lipinski definition) is 1. The van der Waals surface area contributed by atoms with E-state index in [0.29, 0.717) is 0 Å². The topological polar surface area (TPSA) is 26.0 Å². The van der Waals surface area contributed by atoms with Gasteiger partial charge in [-0.2, -0.15) is 0 Å². The molecule has 1 nitrogen and oxygen atoms in total. The standard InChI is InChI=1S/C13H20ClN/c1-5-12(15)10-8-9(13(2,3)4)6-7-11(10)14/h6-8,12H,5,15H2,1-4H3. The van der Waals surface area contributed by atoms with E-state index in [1.165, 1.54) is 5.56 Å². The highest BCUT2D eigenvalue weighted by Gasteiger charge is 2.16. The highest BCUT2D eigenvalue weighted by Crippen LogP contribution is 2.30. The highest BCUT2D eigenvalue weighted by molar-refractivity contribution is 6.31. The number of hydrogen-bond acceptors (Lipinski definition) is 1. The summed E-state index contributed by atoms with van der Waals surface area (Å²) < 4.78 is 0. The minimum Gasteiger partial charge on any atom is -0.324 e. The predicted octanol–water partition coefficient (Wildman–Crippen LogP) is 4.05. The third kappa shape index (κ3) is 2.96. The molecule has 0 saturated heterocycles. The maximum absolute atomic E-state index is 6.14. The lowest BCUT2D eigenvalue weighted by molar-refractivity contribution is 0.586. The van der Waals surface area contributed by atoms with Gasteiger partial charge in [-0.1, -0.05) is 51.4 Å². The summed E-state index contributed by atoms with van der Waals surface area (Å²) in [6, 6.07) is 6.21. The Labute approximate surface area is 97.6 Å². The third-order valence-electron chi connectivity index (χ3n) is 2.70. The summed E-state index contributed by atoms with van der Waals surface area (Å²) in [4.78, 5) is 0. The molecule has 0 fully saturated rings. The van der Waals surface area contributed by atoms with Crippen LogP contribution in [-0.2, 0) is 5.41 Å². The van der Waals surface area contributed by atoms with Gasteiger partial charge in [-0.15, -0.1) is 0 Å². The molecule has 0 bridgehead atoms. The molecule has 1 unspecified atom stereocenters. The first-order chi connectivity index (χ1) is 6.86. The van der Waals surface area contributed by atoms with Gasteiger partial charge in [0.2, 0.25) is 0 Å². The molecule has 15 heavy (non-hydrogen) atoms. The molecular formula is C13H20ClN. The van der Waals surface area contributed by atoms with E-state index in [-0.39, 0.29) is 11.5 Å². The lowest BCUT2D eigenvalue weighted by atomic mass is 9.85. The molecule has 1 aromatic carbocycles. The molecule has 0 radical (unpaired) electrons. The van der Waals surface area contributed by atoms with Crippen molar-refractivity contribution in [3.05, 3.63) is 34.3 Å². The Hall–Kier alpha value is -0.530. The Bertz CT molecular complexity index is 339. The quantitative estimate of drug-likeness (QED) is 0.808. The molecule has 0 aliphatic carbocycles. The molecule has 0 aliphatic rings. The van der Waals surface area contributed by atoms with Gasteiger partial charge in [0.05, 0.1) is 0 Å². The van der Waals surface area contributed by atoms with Crippen LogP contribution in [0.1, 0.15) is 51.3 Å². The van der Waals surface area contributed by atoms with Crippen molar-refractivity contribution in [1.82, 2.24) is 0 Å². The van der Waals surface area contributed by atoms with Gasteiger partial charge in [0.1, 0.15) is 0 Å². The average molecular weight is 226 g/mol. The monoisotopic (exact) mass is 225 g/mol. The highest BCUT2D eigenvalue weighted by atomic mass is 35.5. The van der Waals surface area contributed by atoms with Crippen LogP contribution in [0.5, 0.6) is 0 Å². The molecule has 1 aromatic rings. The van der Waals surface area contributed by atoms with E-state index in [4.69, 9.17) is 17.3 Å². The zero-order valence-corrected chi connectivity index (χ0v) is 10.7. The second-order valence-electron chi connectivity index (χ2n) is 5.00. The van der Waals surface area contributed by atoms with Gasteiger partial charge in [0.25, 0.3) is 0 Å². The fourth-order valence-electron chi connectivity index (χ4n) is 1.51. The molecule has 0 spiro atoms. The molecule has 1 rings (SSSR count). The first kappa shape index (κ1) is 12.5. The fraction of sp³-hybridized carbons (Fsp3) is 0.538. The van der Waals surface area contributed by atoms with E-state index in [1.807, 2.05) is 6.07 Å². The summed E-state index contributed by atoms with van der Waals surface area (Å²) in [5, 5.41) is 0.775. The summed E-state index contributed by atoms with van der Waals surface area (Å²) in [6.45, 7) is 8.65. The Kier molecular flexibility index (Phi) is 3.80. The van der Waals surface area contributed by atoms with E-state index < -0.39 is 0 Å². The minimum absolute atomic E-state index is 0.0415. The van der Waals surface area contributed by atoms with E-state index in [1.54, 1.807) is 0 Å².